The van der Waals surface area contributed by atoms with Gasteiger partial charge in [0.1, 0.15) is 0 Å². The standard InChI is InChI=1S/C10H20N2O2/c1-5-6-8(11)9(13)12-10(2,3)7-14-4/h5,8H,1,6-7,11H2,2-4H3,(H,12,13). The Morgan fingerprint density at radius 1 is 1.71 bits per heavy atom. The Morgan fingerprint density at radius 2 is 2.29 bits per heavy atom. The zero-order valence-electron chi connectivity index (χ0n) is 9.17. The fourth-order valence-electron chi connectivity index (χ4n) is 1.11. The number of carbonyl (C=O) groups is 1. The zero-order valence-corrected chi connectivity index (χ0v) is 9.17. The molecule has 0 aromatic rings. The van der Waals surface area contributed by atoms with Crippen LogP contribution in [0.2, 0.25) is 0 Å². The first-order valence-electron chi connectivity index (χ1n) is 4.60. The molecule has 1 atom stereocenters. The van der Waals surface area contributed by atoms with E-state index in [0.717, 1.165) is 0 Å². The number of carbonyl (C=O) groups excluding carboxylic acids is 1. The van der Waals surface area contributed by atoms with Gasteiger partial charge in [-0.3, -0.25) is 4.79 Å². The van der Waals surface area contributed by atoms with Gasteiger partial charge in [-0.2, -0.15) is 0 Å². The molecule has 0 fully saturated rings. The second-order valence-electron chi connectivity index (χ2n) is 3.94. The van der Waals surface area contributed by atoms with Gasteiger partial charge in [-0.25, -0.2) is 0 Å². The first kappa shape index (κ1) is 13.1. The highest BCUT2D eigenvalue weighted by Gasteiger charge is 2.22. The van der Waals surface area contributed by atoms with Crippen LogP contribution in [0.15, 0.2) is 12.7 Å². The molecule has 0 aliphatic rings. The Hall–Kier alpha value is -0.870. The maximum absolute atomic E-state index is 11.5. The van der Waals surface area contributed by atoms with Crippen LogP contribution in [-0.2, 0) is 9.53 Å². The van der Waals surface area contributed by atoms with E-state index in [9.17, 15) is 4.79 Å². The number of hydrogen-bond acceptors (Lipinski definition) is 3. The molecule has 0 spiro atoms. The minimum Gasteiger partial charge on any atom is -0.382 e. The molecule has 3 N–H and O–H groups in total. The van der Waals surface area contributed by atoms with Gasteiger partial charge < -0.3 is 15.8 Å². The van der Waals surface area contributed by atoms with Gasteiger partial charge in [-0.15, -0.1) is 6.58 Å². The molecular formula is C10H20N2O2. The minimum absolute atomic E-state index is 0.174. The Balaban J connectivity index is 4.09. The van der Waals surface area contributed by atoms with Gasteiger partial charge in [-0.05, 0) is 20.3 Å². The lowest BCUT2D eigenvalue weighted by molar-refractivity contribution is -0.124. The average Bonchev–Trinajstić information content (AvgIpc) is 2.03. The van der Waals surface area contributed by atoms with E-state index in [1.807, 2.05) is 13.8 Å². The third-order valence-electron chi connectivity index (χ3n) is 1.72. The summed E-state index contributed by atoms with van der Waals surface area (Å²) in [7, 11) is 1.59. The first-order chi connectivity index (χ1) is 6.43. The van der Waals surface area contributed by atoms with Crippen molar-refractivity contribution in [2.24, 2.45) is 5.73 Å². The van der Waals surface area contributed by atoms with Gasteiger partial charge in [-0.1, -0.05) is 6.08 Å². The molecule has 0 radical (unpaired) electrons. The van der Waals surface area contributed by atoms with Crippen LogP contribution >= 0.6 is 0 Å². The van der Waals surface area contributed by atoms with Gasteiger partial charge in [0.05, 0.1) is 18.2 Å². The molecule has 4 nitrogen and oxygen atoms in total. The first-order valence-corrected chi connectivity index (χ1v) is 4.60. The zero-order chi connectivity index (χ0) is 11.2. The van der Waals surface area contributed by atoms with Gasteiger partial charge in [0, 0.05) is 7.11 Å². The number of ether oxygens (including phenoxy) is 1. The number of methoxy groups -OCH3 is 1. The van der Waals surface area contributed by atoms with Crippen molar-refractivity contribution in [2.45, 2.75) is 31.8 Å². The Bertz CT molecular complexity index is 202. The van der Waals surface area contributed by atoms with Crippen molar-refractivity contribution in [1.29, 1.82) is 0 Å². The Kier molecular flexibility index (Phi) is 5.42. The van der Waals surface area contributed by atoms with Gasteiger partial charge in [0.25, 0.3) is 0 Å². The van der Waals surface area contributed by atoms with Crippen LogP contribution in [0.1, 0.15) is 20.3 Å². The van der Waals surface area contributed by atoms with Gasteiger partial charge in [0.2, 0.25) is 5.91 Å². The van der Waals surface area contributed by atoms with Crippen molar-refractivity contribution in [2.75, 3.05) is 13.7 Å². The maximum Gasteiger partial charge on any atom is 0.237 e. The van der Waals surface area contributed by atoms with Crippen LogP contribution in [0.4, 0.5) is 0 Å². The largest absolute Gasteiger partial charge is 0.382 e. The molecule has 0 aliphatic carbocycles. The van der Waals surface area contributed by atoms with Crippen LogP contribution in [0.5, 0.6) is 0 Å². The summed E-state index contributed by atoms with van der Waals surface area (Å²) in [5.41, 5.74) is 5.22. The molecule has 1 unspecified atom stereocenters. The molecule has 0 saturated heterocycles. The van der Waals surface area contributed by atoms with Crippen molar-refractivity contribution >= 4 is 5.91 Å². The molecule has 1 amide bonds. The van der Waals surface area contributed by atoms with E-state index < -0.39 is 6.04 Å². The summed E-state index contributed by atoms with van der Waals surface area (Å²) in [6.07, 6.45) is 2.11. The number of amides is 1. The van der Waals surface area contributed by atoms with E-state index >= 15 is 0 Å². The van der Waals surface area contributed by atoms with E-state index in [0.29, 0.717) is 13.0 Å². The summed E-state index contributed by atoms with van der Waals surface area (Å²) in [4.78, 5) is 11.5. The molecule has 0 saturated carbocycles. The number of nitrogens with two attached hydrogens (primary N) is 1. The maximum atomic E-state index is 11.5. The molecule has 0 heterocycles. The second kappa shape index (κ2) is 5.78. The van der Waals surface area contributed by atoms with Crippen molar-refractivity contribution < 1.29 is 9.53 Å². The Labute approximate surface area is 85.5 Å². The highest BCUT2D eigenvalue weighted by molar-refractivity contribution is 5.82. The van der Waals surface area contributed by atoms with Crippen LogP contribution in [0, 0.1) is 0 Å². The SMILES string of the molecule is C=CCC(N)C(=O)NC(C)(C)COC. The Morgan fingerprint density at radius 3 is 2.71 bits per heavy atom. The normalized spacial score (nSPS) is 13.4. The molecule has 0 bridgehead atoms. The molecule has 82 valence electrons. The van der Waals surface area contributed by atoms with E-state index in [2.05, 4.69) is 11.9 Å². The van der Waals surface area contributed by atoms with Crippen LogP contribution in [-0.4, -0.2) is 31.2 Å². The van der Waals surface area contributed by atoms with Crippen LogP contribution < -0.4 is 11.1 Å². The fraction of sp³-hybridized carbons (Fsp3) is 0.700. The summed E-state index contributed by atoms with van der Waals surface area (Å²) in [5.74, 6) is -0.174. The highest BCUT2D eigenvalue weighted by Crippen LogP contribution is 2.03. The van der Waals surface area contributed by atoms with Gasteiger partial charge >= 0.3 is 0 Å². The second-order valence-corrected chi connectivity index (χ2v) is 3.94. The fourth-order valence-corrected chi connectivity index (χ4v) is 1.11. The van der Waals surface area contributed by atoms with Crippen molar-refractivity contribution in [3.8, 4) is 0 Å². The molecular weight excluding hydrogens is 180 g/mol. The average molecular weight is 200 g/mol. The summed E-state index contributed by atoms with van der Waals surface area (Å²) in [5, 5.41) is 2.81. The molecule has 4 heteroatoms. The molecule has 14 heavy (non-hydrogen) atoms. The smallest absolute Gasteiger partial charge is 0.237 e. The van der Waals surface area contributed by atoms with Gasteiger partial charge in [0.15, 0.2) is 0 Å². The van der Waals surface area contributed by atoms with Crippen molar-refractivity contribution in [1.82, 2.24) is 5.32 Å². The minimum atomic E-state index is -0.524. The molecule has 0 rings (SSSR count). The number of rotatable bonds is 6. The summed E-state index contributed by atoms with van der Waals surface area (Å²) in [6, 6.07) is -0.524. The molecule has 0 aliphatic heterocycles. The molecule has 0 aromatic carbocycles. The summed E-state index contributed by atoms with van der Waals surface area (Å²) < 4.78 is 4.97. The third-order valence-corrected chi connectivity index (χ3v) is 1.72. The number of hydrogen-bond donors (Lipinski definition) is 2. The lowest BCUT2D eigenvalue weighted by atomic mass is 10.1. The lowest BCUT2D eigenvalue weighted by Crippen LogP contribution is -2.52. The van der Waals surface area contributed by atoms with E-state index in [1.54, 1.807) is 13.2 Å². The predicted molar refractivity (Wildman–Crippen MR) is 56.9 cm³/mol. The van der Waals surface area contributed by atoms with Crippen LogP contribution in [0.25, 0.3) is 0 Å². The van der Waals surface area contributed by atoms with E-state index in [4.69, 9.17) is 10.5 Å². The lowest BCUT2D eigenvalue weighted by Gasteiger charge is -2.26. The summed E-state index contributed by atoms with van der Waals surface area (Å²) >= 11 is 0. The highest BCUT2D eigenvalue weighted by atomic mass is 16.5. The van der Waals surface area contributed by atoms with E-state index in [-0.39, 0.29) is 11.4 Å². The van der Waals surface area contributed by atoms with Crippen molar-refractivity contribution in [3.63, 3.8) is 0 Å². The van der Waals surface area contributed by atoms with Crippen LogP contribution in [0.3, 0.4) is 0 Å². The topological polar surface area (TPSA) is 64.4 Å². The van der Waals surface area contributed by atoms with Crippen molar-refractivity contribution in [3.05, 3.63) is 12.7 Å². The monoisotopic (exact) mass is 200 g/mol. The number of nitrogens with one attached hydrogen (secondary N) is 1. The predicted octanol–water partition coefficient (Wildman–Crippen LogP) is 0.431. The molecule has 0 aromatic heterocycles. The van der Waals surface area contributed by atoms with E-state index in [1.165, 1.54) is 0 Å². The summed E-state index contributed by atoms with van der Waals surface area (Å²) in [6.45, 7) is 7.76. The third kappa shape index (κ3) is 4.99. The quantitative estimate of drug-likeness (QED) is 0.611.